The number of pyridine rings is 1. The Morgan fingerprint density at radius 1 is 1.03 bits per heavy atom. The lowest BCUT2D eigenvalue weighted by Gasteiger charge is -2.13. The summed E-state index contributed by atoms with van der Waals surface area (Å²) in [7, 11) is 0. The van der Waals surface area contributed by atoms with Crippen LogP contribution >= 0.6 is 11.6 Å². The molecule has 2 heterocycles. The third-order valence-electron chi connectivity index (χ3n) is 4.91. The van der Waals surface area contributed by atoms with Crippen LogP contribution in [0, 0.1) is 6.92 Å². The predicted molar refractivity (Wildman–Crippen MR) is 125 cm³/mol. The molecule has 0 aliphatic carbocycles. The van der Waals surface area contributed by atoms with E-state index in [1.165, 1.54) is 0 Å². The molecule has 0 saturated heterocycles. The maximum Gasteiger partial charge on any atom is 0.352 e. The van der Waals surface area contributed by atoms with Crippen LogP contribution in [0.15, 0.2) is 82.5 Å². The van der Waals surface area contributed by atoms with Gasteiger partial charge in [-0.05, 0) is 54.4 Å². The van der Waals surface area contributed by atoms with Crippen molar-refractivity contribution in [3.8, 4) is 5.69 Å². The summed E-state index contributed by atoms with van der Waals surface area (Å²) in [6, 6.07) is 19.2. The summed E-state index contributed by atoms with van der Waals surface area (Å²) in [5.41, 5.74) is 0.762. The standard InChI is InChI=1S/C24H20ClN5O3/c1-16-6-4-10-20(12-16)30-24(33)29(15-17-7-5-8-18(25)13-17)23(32)21(28-30)22(31)27-14-19-9-2-3-11-26-19/h2-13H,14-15H2,1H3,(H,27,31). The van der Waals surface area contributed by atoms with E-state index >= 15 is 0 Å². The monoisotopic (exact) mass is 461 g/mol. The molecule has 0 bridgehead atoms. The topological polar surface area (TPSA) is 98.9 Å². The fourth-order valence-electron chi connectivity index (χ4n) is 3.30. The zero-order valence-corrected chi connectivity index (χ0v) is 18.5. The number of nitrogens with zero attached hydrogens (tertiary/aromatic N) is 4. The Morgan fingerprint density at radius 3 is 2.58 bits per heavy atom. The van der Waals surface area contributed by atoms with Gasteiger partial charge in [0.15, 0.2) is 0 Å². The van der Waals surface area contributed by atoms with Gasteiger partial charge in [0.1, 0.15) is 0 Å². The second-order valence-electron chi connectivity index (χ2n) is 7.41. The molecule has 4 aromatic rings. The Balaban J connectivity index is 1.79. The second kappa shape index (κ2) is 9.62. The maximum absolute atomic E-state index is 13.2. The van der Waals surface area contributed by atoms with Gasteiger partial charge in [0.25, 0.3) is 11.5 Å². The predicted octanol–water partition coefficient (Wildman–Crippen LogP) is 2.73. The van der Waals surface area contributed by atoms with E-state index in [-0.39, 0.29) is 13.1 Å². The van der Waals surface area contributed by atoms with Crippen molar-refractivity contribution < 1.29 is 4.79 Å². The van der Waals surface area contributed by atoms with Crippen molar-refractivity contribution in [2.75, 3.05) is 0 Å². The highest BCUT2D eigenvalue weighted by Gasteiger charge is 2.20. The Bertz CT molecular complexity index is 1430. The van der Waals surface area contributed by atoms with Crippen LogP contribution in [0.1, 0.15) is 27.3 Å². The fraction of sp³-hybridized carbons (Fsp3) is 0.125. The SMILES string of the molecule is Cc1cccc(-n2nc(C(=O)NCc3ccccn3)c(=O)n(Cc3cccc(Cl)c3)c2=O)c1. The van der Waals surface area contributed by atoms with Crippen molar-refractivity contribution in [2.45, 2.75) is 20.0 Å². The molecule has 2 aromatic carbocycles. The number of rotatable bonds is 6. The average Bonchev–Trinajstić information content (AvgIpc) is 2.81. The van der Waals surface area contributed by atoms with E-state index in [9.17, 15) is 14.4 Å². The van der Waals surface area contributed by atoms with E-state index in [1.807, 2.05) is 13.0 Å². The minimum atomic E-state index is -0.789. The zero-order valence-electron chi connectivity index (χ0n) is 17.7. The summed E-state index contributed by atoms with van der Waals surface area (Å²) in [4.78, 5) is 43.5. The number of carbonyl (C=O) groups is 1. The number of nitrogens with one attached hydrogen (secondary N) is 1. The minimum Gasteiger partial charge on any atom is -0.345 e. The van der Waals surface area contributed by atoms with Gasteiger partial charge in [-0.1, -0.05) is 41.9 Å². The quantitative estimate of drug-likeness (QED) is 0.476. The molecule has 1 amide bonds. The Kier molecular flexibility index (Phi) is 6.46. The van der Waals surface area contributed by atoms with Gasteiger partial charge in [0.2, 0.25) is 5.69 Å². The molecule has 0 spiro atoms. The van der Waals surface area contributed by atoms with Crippen molar-refractivity contribution >= 4 is 17.5 Å². The first kappa shape index (κ1) is 22.2. The third-order valence-corrected chi connectivity index (χ3v) is 5.14. The second-order valence-corrected chi connectivity index (χ2v) is 7.84. The van der Waals surface area contributed by atoms with Gasteiger partial charge in [-0.3, -0.25) is 19.1 Å². The van der Waals surface area contributed by atoms with Crippen LogP contribution < -0.4 is 16.6 Å². The van der Waals surface area contributed by atoms with Gasteiger partial charge in [-0.25, -0.2) is 4.79 Å². The molecular formula is C24H20ClN5O3. The van der Waals surface area contributed by atoms with Gasteiger partial charge in [-0.2, -0.15) is 9.78 Å². The highest BCUT2D eigenvalue weighted by Crippen LogP contribution is 2.11. The highest BCUT2D eigenvalue weighted by atomic mass is 35.5. The molecule has 0 aliphatic heterocycles. The number of aryl methyl sites for hydroxylation is 1. The minimum absolute atomic E-state index is 0.0624. The normalized spacial score (nSPS) is 10.7. The lowest BCUT2D eigenvalue weighted by Crippen LogP contribution is -2.46. The van der Waals surface area contributed by atoms with Crippen molar-refractivity contribution in [1.29, 1.82) is 0 Å². The van der Waals surface area contributed by atoms with Crippen molar-refractivity contribution in [3.63, 3.8) is 0 Å². The molecule has 0 radical (unpaired) electrons. The van der Waals surface area contributed by atoms with Crippen LogP contribution in [0.5, 0.6) is 0 Å². The smallest absolute Gasteiger partial charge is 0.345 e. The number of amides is 1. The lowest BCUT2D eigenvalue weighted by molar-refractivity contribution is 0.0940. The van der Waals surface area contributed by atoms with Crippen LogP contribution in [0.25, 0.3) is 5.69 Å². The van der Waals surface area contributed by atoms with Gasteiger partial charge < -0.3 is 5.32 Å². The first-order valence-electron chi connectivity index (χ1n) is 10.2. The molecule has 166 valence electrons. The molecule has 0 unspecified atom stereocenters. The maximum atomic E-state index is 13.2. The summed E-state index contributed by atoms with van der Waals surface area (Å²) < 4.78 is 2.05. The Morgan fingerprint density at radius 2 is 1.85 bits per heavy atom. The molecule has 33 heavy (non-hydrogen) atoms. The van der Waals surface area contributed by atoms with E-state index in [1.54, 1.807) is 66.9 Å². The van der Waals surface area contributed by atoms with E-state index in [4.69, 9.17) is 11.6 Å². The highest BCUT2D eigenvalue weighted by molar-refractivity contribution is 6.30. The summed E-state index contributed by atoms with van der Waals surface area (Å²) >= 11 is 6.06. The van der Waals surface area contributed by atoms with Crippen LogP contribution in [0.4, 0.5) is 0 Å². The van der Waals surface area contributed by atoms with Crippen LogP contribution in [0.3, 0.4) is 0 Å². The number of carbonyl (C=O) groups excluding carboxylic acids is 1. The molecule has 2 aromatic heterocycles. The van der Waals surface area contributed by atoms with E-state index < -0.39 is 22.9 Å². The van der Waals surface area contributed by atoms with Crippen LogP contribution in [-0.2, 0) is 13.1 Å². The Hall–Kier alpha value is -4.04. The molecule has 0 atom stereocenters. The summed E-state index contributed by atoms with van der Waals surface area (Å²) in [5, 5.41) is 7.25. The molecule has 8 nitrogen and oxygen atoms in total. The largest absolute Gasteiger partial charge is 0.352 e. The van der Waals surface area contributed by atoms with Crippen molar-refractivity contribution in [2.24, 2.45) is 0 Å². The number of aromatic nitrogens is 4. The van der Waals surface area contributed by atoms with Crippen molar-refractivity contribution in [3.05, 3.63) is 121 Å². The van der Waals surface area contributed by atoms with Crippen LogP contribution in [0.2, 0.25) is 5.02 Å². The van der Waals surface area contributed by atoms with Crippen molar-refractivity contribution in [1.82, 2.24) is 24.6 Å². The van der Waals surface area contributed by atoms with Gasteiger partial charge in [0, 0.05) is 11.2 Å². The lowest BCUT2D eigenvalue weighted by atomic mass is 10.2. The van der Waals surface area contributed by atoms with E-state index in [0.717, 1.165) is 14.8 Å². The van der Waals surface area contributed by atoms with Gasteiger partial charge in [-0.15, -0.1) is 0 Å². The molecule has 1 N–H and O–H groups in total. The Labute approximate surface area is 194 Å². The van der Waals surface area contributed by atoms with E-state index in [0.29, 0.717) is 22.0 Å². The summed E-state index contributed by atoms with van der Waals surface area (Å²) in [6.45, 7) is 1.92. The number of benzene rings is 2. The first-order valence-corrected chi connectivity index (χ1v) is 10.5. The number of hydrogen-bond acceptors (Lipinski definition) is 5. The average molecular weight is 462 g/mol. The molecular weight excluding hydrogens is 442 g/mol. The molecule has 0 saturated carbocycles. The van der Waals surface area contributed by atoms with Gasteiger partial charge >= 0.3 is 5.69 Å². The fourth-order valence-corrected chi connectivity index (χ4v) is 3.51. The van der Waals surface area contributed by atoms with Crippen LogP contribution in [-0.4, -0.2) is 25.2 Å². The molecule has 0 aliphatic rings. The third kappa shape index (κ3) is 5.07. The first-order chi connectivity index (χ1) is 15.9. The number of hydrogen-bond donors (Lipinski definition) is 1. The molecule has 9 heteroatoms. The van der Waals surface area contributed by atoms with E-state index in [2.05, 4.69) is 15.4 Å². The summed E-state index contributed by atoms with van der Waals surface area (Å²) in [6.07, 6.45) is 1.61. The molecule has 0 fully saturated rings. The number of halogens is 1. The summed E-state index contributed by atoms with van der Waals surface area (Å²) in [5.74, 6) is -0.702. The van der Waals surface area contributed by atoms with Gasteiger partial charge in [0.05, 0.1) is 24.5 Å². The molecule has 4 rings (SSSR count). The zero-order chi connectivity index (χ0) is 23.4.